The number of rotatable bonds is 4. The summed E-state index contributed by atoms with van der Waals surface area (Å²) in [6.07, 6.45) is 0. The van der Waals surface area contributed by atoms with Gasteiger partial charge in [0, 0.05) is 6.07 Å². The van der Waals surface area contributed by atoms with Crippen LogP contribution in [-0.4, -0.2) is 27.1 Å². The van der Waals surface area contributed by atoms with Gasteiger partial charge >= 0.3 is 0 Å². The Morgan fingerprint density at radius 1 is 1.12 bits per heavy atom. The van der Waals surface area contributed by atoms with Crippen molar-refractivity contribution in [1.82, 2.24) is 0 Å². The Morgan fingerprint density at radius 2 is 1.69 bits per heavy atom. The maximum absolute atomic E-state index is 11.6. The molecule has 0 fully saturated rings. The van der Waals surface area contributed by atoms with Crippen LogP contribution >= 0.6 is 15.9 Å². The van der Waals surface area contributed by atoms with Gasteiger partial charge < -0.3 is 14.2 Å². The molecule has 0 bridgehead atoms. The lowest BCUT2D eigenvalue weighted by Gasteiger charge is -2.15. The number of Topliss-reactive ketones (excluding diaryl/α,β-unsaturated/α-hetero) is 1. The Hall–Kier alpha value is -1.23. The van der Waals surface area contributed by atoms with Crippen LogP contribution in [0.2, 0.25) is 0 Å². The van der Waals surface area contributed by atoms with Crippen LogP contribution in [0.4, 0.5) is 0 Å². The predicted octanol–water partition coefficient (Wildman–Crippen LogP) is 2.68. The second kappa shape index (κ2) is 5.21. The molecule has 0 aliphatic rings. The molecule has 0 saturated heterocycles. The van der Waals surface area contributed by atoms with Crippen LogP contribution < -0.4 is 14.2 Å². The first-order valence-electron chi connectivity index (χ1n) is 4.56. The zero-order chi connectivity index (χ0) is 12.3. The fourth-order valence-electron chi connectivity index (χ4n) is 1.47. The van der Waals surface area contributed by atoms with E-state index in [9.17, 15) is 4.79 Å². The number of hydrogen-bond donors (Lipinski definition) is 0. The third-order valence-corrected chi connectivity index (χ3v) is 2.72. The lowest BCUT2D eigenvalue weighted by atomic mass is 10.1. The fourth-order valence-corrected chi connectivity index (χ4v) is 2.03. The molecule has 0 saturated carbocycles. The predicted molar refractivity (Wildman–Crippen MR) is 63.8 cm³/mol. The largest absolute Gasteiger partial charge is 0.495 e. The van der Waals surface area contributed by atoms with Crippen LogP contribution in [0.5, 0.6) is 17.2 Å². The van der Waals surface area contributed by atoms with Gasteiger partial charge in [0.15, 0.2) is 17.3 Å². The smallest absolute Gasteiger partial charge is 0.175 e. The molecule has 16 heavy (non-hydrogen) atoms. The molecule has 0 aliphatic heterocycles. The van der Waals surface area contributed by atoms with Crippen molar-refractivity contribution in [2.45, 2.75) is 6.92 Å². The molecular formula is C11H13BrO4. The van der Waals surface area contributed by atoms with Gasteiger partial charge in [0.25, 0.3) is 0 Å². The Morgan fingerprint density at radius 3 is 2.06 bits per heavy atom. The summed E-state index contributed by atoms with van der Waals surface area (Å²) in [6, 6.07) is 1.70. The van der Waals surface area contributed by atoms with E-state index in [1.54, 1.807) is 6.07 Å². The van der Waals surface area contributed by atoms with Gasteiger partial charge in [0.05, 0.1) is 25.8 Å². The number of carbonyl (C=O) groups excluding carboxylic acids is 1. The minimum absolute atomic E-state index is 0.145. The van der Waals surface area contributed by atoms with Crippen molar-refractivity contribution < 1.29 is 19.0 Å². The monoisotopic (exact) mass is 288 g/mol. The molecule has 0 aromatic heterocycles. The SMILES string of the molecule is COc1cc(Br)c(OC)c(C(C)=O)c1OC. The molecule has 88 valence electrons. The standard InChI is InChI=1S/C11H13BrO4/c1-6(13)9-10(15-3)7(12)5-8(14-2)11(9)16-4/h5H,1-4H3. The second-order valence-electron chi connectivity index (χ2n) is 3.06. The first kappa shape index (κ1) is 12.8. The normalized spacial score (nSPS) is 9.81. The average Bonchev–Trinajstić information content (AvgIpc) is 2.27. The summed E-state index contributed by atoms with van der Waals surface area (Å²) >= 11 is 3.32. The summed E-state index contributed by atoms with van der Waals surface area (Å²) in [4.78, 5) is 11.6. The highest BCUT2D eigenvalue weighted by Gasteiger charge is 2.22. The van der Waals surface area contributed by atoms with Crippen molar-refractivity contribution >= 4 is 21.7 Å². The van der Waals surface area contributed by atoms with Crippen molar-refractivity contribution in [3.8, 4) is 17.2 Å². The average molecular weight is 289 g/mol. The van der Waals surface area contributed by atoms with Gasteiger partial charge in [0.2, 0.25) is 0 Å². The molecule has 1 aromatic rings. The molecule has 0 unspecified atom stereocenters. The first-order valence-corrected chi connectivity index (χ1v) is 5.35. The number of benzene rings is 1. The minimum atomic E-state index is -0.145. The number of hydrogen-bond acceptors (Lipinski definition) is 4. The maximum Gasteiger partial charge on any atom is 0.175 e. The van der Waals surface area contributed by atoms with Gasteiger partial charge in [-0.2, -0.15) is 0 Å². The Labute approximate surface area is 103 Å². The van der Waals surface area contributed by atoms with Gasteiger partial charge in [-0.3, -0.25) is 4.79 Å². The summed E-state index contributed by atoms with van der Waals surface area (Å²) < 4.78 is 16.2. The second-order valence-corrected chi connectivity index (χ2v) is 3.91. The highest BCUT2D eigenvalue weighted by molar-refractivity contribution is 9.10. The molecule has 1 aromatic carbocycles. The lowest BCUT2D eigenvalue weighted by Crippen LogP contribution is -2.04. The molecule has 1 rings (SSSR count). The van der Waals surface area contributed by atoms with E-state index in [1.165, 1.54) is 28.3 Å². The fraction of sp³-hybridized carbons (Fsp3) is 0.364. The first-order chi connectivity index (χ1) is 7.56. The number of methoxy groups -OCH3 is 3. The van der Waals surface area contributed by atoms with E-state index in [0.29, 0.717) is 27.3 Å². The van der Waals surface area contributed by atoms with Crippen molar-refractivity contribution in [2.24, 2.45) is 0 Å². The zero-order valence-corrected chi connectivity index (χ0v) is 11.2. The number of halogens is 1. The third kappa shape index (κ3) is 2.14. The van der Waals surface area contributed by atoms with Crippen LogP contribution in [0, 0.1) is 0 Å². The van der Waals surface area contributed by atoms with E-state index >= 15 is 0 Å². The van der Waals surface area contributed by atoms with Crippen molar-refractivity contribution in [3.05, 3.63) is 16.1 Å². The molecule has 0 radical (unpaired) electrons. The highest BCUT2D eigenvalue weighted by Crippen LogP contribution is 2.42. The summed E-state index contributed by atoms with van der Waals surface area (Å²) in [5.74, 6) is 1.17. The van der Waals surface area contributed by atoms with Crippen LogP contribution in [0.1, 0.15) is 17.3 Å². The van der Waals surface area contributed by atoms with E-state index in [0.717, 1.165) is 0 Å². The topological polar surface area (TPSA) is 44.8 Å². The minimum Gasteiger partial charge on any atom is -0.495 e. The van der Waals surface area contributed by atoms with Gasteiger partial charge in [-0.05, 0) is 22.9 Å². The Bertz CT molecular complexity index is 415. The molecule has 0 spiro atoms. The summed E-state index contributed by atoms with van der Waals surface area (Å²) in [5.41, 5.74) is 0.372. The van der Waals surface area contributed by atoms with Crippen molar-refractivity contribution in [3.63, 3.8) is 0 Å². The zero-order valence-electron chi connectivity index (χ0n) is 9.59. The maximum atomic E-state index is 11.6. The van der Waals surface area contributed by atoms with Gasteiger partial charge in [-0.1, -0.05) is 0 Å². The molecule has 0 N–H and O–H groups in total. The van der Waals surface area contributed by atoms with Gasteiger partial charge in [0.1, 0.15) is 11.3 Å². The van der Waals surface area contributed by atoms with E-state index in [4.69, 9.17) is 14.2 Å². The molecule has 0 heterocycles. The number of ether oxygens (including phenoxy) is 3. The van der Waals surface area contributed by atoms with Crippen molar-refractivity contribution in [2.75, 3.05) is 21.3 Å². The molecule has 5 heteroatoms. The molecule has 0 amide bonds. The van der Waals surface area contributed by atoms with Gasteiger partial charge in [-0.25, -0.2) is 0 Å². The molecule has 0 atom stereocenters. The molecule has 4 nitrogen and oxygen atoms in total. The summed E-state index contributed by atoms with van der Waals surface area (Å²) in [6.45, 7) is 1.45. The van der Waals surface area contributed by atoms with E-state index in [1.807, 2.05) is 0 Å². The molecule has 0 aliphatic carbocycles. The van der Waals surface area contributed by atoms with Crippen LogP contribution in [-0.2, 0) is 0 Å². The van der Waals surface area contributed by atoms with E-state index in [-0.39, 0.29) is 5.78 Å². The lowest BCUT2D eigenvalue weighted by molar-refractivity contribution is 0.101. The van der Waals surface area contributed by atoms with Crippen LogP contribution in [0.3, 0.4) is 0 Å². The van der Waals surface area contributed by atoms with E-state index in [2.05, 4.69) is 15.9 Å². The Balaban J connectivity index is 3.60. The van der Waals surface area contributed by atoms with Crippen LogP contribution in [0.25, 0.3) is 0 Å². The van der Waals surface area contributed by atoms with E-state index < -0.39 is 0 Å². The van der Waals surface area contributed by atoms with Gasteiger partial charge in [-0.15, -0.1) is 0 Å². The summed E-state index contributed by atoms with van der Waals surface area (Å²) in [5, 5.41) is 0. The highest BCUT2D eigenvalue weighted by atomic mass is 79.9. The third-order valence-electron chi connectivity index (χ3n) is 2.13. The quantitative estimate of drug-likeness (QED) is 0.799. The summed E-state index contributed by atoms with van der Waals surface area (Å²) in [7, 11) is 4.50. The number of ketones is 1. The molecular weight excluding hydrogens is 276 g/mol. The number of carbonyl (C=O) groups is 1. The van der Waals surface area contributed by atoms with Crippen molar-refractivity contribution in [1.29, 1.82) is 0 Å². The van der Waals surface area contributed by atoms with Crippen LogP contribution in [0.15, 0.2) is 10.5 Å². The Kier molecular flexibility index (Phi) is 4.18.